The van der Waals surface area contributed by atoms with Crippen molar-refractivity contribution in [2.24, 2.45) is 5.92 Å². The molecule has 0 aliphatic heterocycles. The van der Waals surface area contributed by atoms with Crippen LogP contribution < -0.4 is 10.0 Å². The fraction of sp³-hybridized carbons (Fsp3) is 0.300. The van der Waals surface area contributed by atoms with E-state index in [1.54, 1.807) is 18.2 Å². The van der Waals surface area contributed by atoms with Gasteiger partial charge in [-0.2, -0.15) is 0 Å². The highest BCUT2D eigenvalue weighted by molar-refractivity contribution is 7.93. The van der Waals surface area contributed by atoms with Crippen LogP contribution in [0.5, 0.6) is 0 Å². The smallest absolute Gasteiger partial charge is 0.263 e. The molecule has 1 amide bonds. The Morgan fingerprint density at radius 3 is 2.57 bits per heavy atom. The number of fused-ring (bicyclic) bond motifs is 1. The molecule has 7 nitrogen and oxygen atoms in total. The quantitative estimate of drug-likeness (QED) is 0.465. The predicted octanol–water partition coefficient (Wildman–Crippen LogP) is 3.89. The topological polar surface area (TPSA) is 108 Å². The second-order valence-electron chi connectivity index (χ2n) is 6.91. The van der Waals surface area contributed by atoms with Crippen molar-refractivity contribution >= 4 is 54.2 Å². The summed E-state index contributed by atoms with van der Waals surface area (Å²) in [5, 5.41) is 13.0. The zero-order chi connectivity index (χ0) is 21.9. The number of benzene rings is 2. The van der Waals surface area contributed by atoms with Crippen LogP contribution in [0.1, 0.15) is 30.6 Å². The van der Waals surface area contributed by atoms with Crippen LogP contribution in [0.4, 0.5) is 5.13 Å². The van der Waals surface area contributed by atoms with E-state index < -0.39 is 10.0 Å². The van der Waals surface area contributed by atoms with E-state index in [4.69, 9.17) is 11.6 Å². The molecule has 0 aliphatic rings. The van der Waals surface area contributed by atoms with Crippen molar-refractivity contribution < 1.29 is 18.3 Å². The van der Waals surface area contributed by atoms with Crippen molar-refractivity contribution in [3.8, 4) is 0 Å². The van der Waals surface area contributed by atoms with Crippen LogP contribution in [-0.4, -0.2) is 37.1 Å². The van der Waals surface area contributed by atoms with Crippen molar-refractivity contribution in [3.05, 3.63) is 53.1 Å². The average Bonchev–Trinajstić information content (AvgIpc) is 3.12. The summed E-state index contributed by atoms with van der Waals surface area (Å²) in [6.07, 6.45) is 0.830. The third-order valence-corrected chi connectivity index (χ3v) is 7.51. The lowest BCUT2D eigenvalue weighted by molar-refractivity contribution is 0.0891. The van der Waals surface area contributed by atoms with Crippen molar-refractivity contribution in [1.82, 2.24) is 10.3 Å². The van der Waals surface area contributed by atoms with Gasteiger partial charge in [0.2, 0.25) is 0 Å². The fourth-order valence-electron chi connectivity index (χ4n) is 2.80. The van der Waals surface area contributed by atoms with Gasteiger partial charge in [0.05, 0.1) is 27.8 Å². The highest BCUT2D eigenvalue weighted by atomic mass is 35.5. The molecule has 10 heteroatoms. The lowest BCUT2D eigenvalue weighted by atomic mass is 9.99. The molecule has 0 bridgehead atoms. The molecule has 1 aromatic heterocycles. The van der Waals surface area contributed by atoms with Crippen LogP contribution in [0.2, 0.25) is 5.02 Å². The summed E-state index contributed by atoms with van der Waals surface area (Å²) < 4.78 is 28.2. The largest absolute Gasteiger partial charge is 0.394 e. The molecule has 0 aliphatic carbocycles. The minimum Gasteiger partial charge on any atom is -0.394 e. The zero-order valence-corrected chi connectivity index (χ0v) is 18.8. The van der Waals surface area contributed by atoms with E-state index in [-0.39, 0.29) is 34.5 Å². The Morgan fingerprint density at radius 1 is 1.23 bits per heavy atom. The number of anilines is 1. The van der Waals surface area contributed by atoms with Crippen LogP contribution in [0, 0.1) is 5.92 Å². The number of amides is 1. The summed E-state index contributed by atoms with van der Waals surface area (Å²) in [5.74, 6) is -0.159. The van der Waals surface area contributed by atoms with Crippen molar-refractivity contribution in [3.63, 3.8) is 0 Å². The molecule has 0 saturated heterocycles. The number of hydrogen-bond donors (Lipinski definition) is 3. The molecule has 0 saturated carbocycles. The standard InChI is InChI=1S/C20H22ClN3O4S2/c1-3-12(2)17(11-25)22-19(26)13-4-9-16-18(10-13)29-20(23-16)24-30(27,28)15-7-5-14(21)6-8-15/h4-10,12,17,25H,3,11H2,1-2H3,(H,22,26)(H,23,24)/t12-,17+/m0/s1. The number of aliphatic hydroxyl groups is 1. The first-order valence-electron chi connectivity index (χ1n) is 9.34. The monoisotopic (exact) mass is 467 g/mol. The third kappa shape index (κ3) is 5.10. The molecule has 3 aromatic rings. The molecule has 2 atom stereocenters. The summed E-state index contributed by atoms with van der Waals surface area (Å²) in [5.41, 5.74) is 0.992. The van der Waals surface area contributed by atoms with Crippen molar-refractivity contribution in [2.75, 3.05) is 11.3 Å². The number of aliphatic hydroxyl groups excluding tert-OH is 1. The maximum atomic E-state index is 12.6. The number of sulfonamides is 1. The van der Waals surface area contributed by atoms with Crippen LogP contribution >= 0.6 is 22.9 Å². The first kappa shape index (κ1) is 22.5. The Hall–Kier alpha value is -2.20. The number of nitrogens with zero attached hydrogens (tertiary/aromatic N) is 1. The van der Waals surface area contributed by atoms with Gasteiger partial charge < -0.3 is 10.4 Å². The number of nitrogens with one attached hydrogen (secondary N) is 2. The van der Waals surface area contributed by atoms with E-state index >= 15 is 0 Å². The second-order valence-corrected chi connectivity index (χ2v) is 10.1. The lowest BCUT2D eigenvalue weighted by Gasteiger charge is -2.22. The van der Waals surface area contributed by atoms with Gasteiger partial charge in [-0.3, -0.25) is 9.52 Å². The number of aromatic nitrogens is 1. The van der Waals surface area contributed by atoms with Gasteiger partial charge in [-0.25, -0.2) is 13.4 Å². The maximum Gasteiger partial charge on any atom is 0.263 e. The Kier molecular flexibility index (Phi) is 6.97. The highest BCUT2D eigenvalue weighted by Crippen LogP contribution is 2.29. The summed E-state index contributed by atoms with van der Waals surface area (Å²) in [4.78, 5) is 16.9. The van der Waals surface area contributed by atoms with Crippen LogP contribution in [0.15, 0.2) is 47.4 Å². The average molecular weight is 468 g/mol. The SMILES string of the molecule is CC[C@H](C)[C@@H](CO)NC(=O)c1ccc2nc(NS(=O)(=O)c3ccc(Cl)cc3)sc2c1. The molecule has 2 aromatic carbocycles. The van der Waals surface area contributed by atoms with Gasteiger partial charge in [-0.15, -0.1) is 0 Å². The van der Waals surface area contributed by atoms with Gasteiger partial charge in [-0.1, -0.05) is 43.2 Å². The van der Waals surface area contributed by atoms with Gasteiger partial charge >= 0.3 is 0 Å². The number of halogens is 1. The number of thiazole rings is 1. The second kappa shape index (κ2) is 9.30. The molecule has 3 N–H and O–H groups in total. The van der Waals surface area contributed by atoms with E-state index in [0.29, 0.717) is 20.8 Å². The van der Waals surface area contributed by atoms with Gasteiger partial charge in [-0.05, 0) is 48.4 Å². The number of hydrogen-bond acceptors (Lipinski definition) is 6. The van der Waals surface area contributed by atoms with Gasteiger partial charge in [0.25, 0.3) is 15.9 Å². The van der Waals surface area contributed by atoms with E-state index in [9.17, 15) is 18.3 Å². The highest BCUT2D eigenvalue weighted by Gasteiger charge is 2.20. The maximum absolute atomic E-state index is 12.6. The fourth-order valence-corrected chi connectivity index (χ4v) is 5.07. The minimum absolute atomic E-state index is 0.0753. The number of rotatable bonds is 8. The summed E-state index contributed by atoms with van der Waals surface area (Å²) in [6.45, 7) is 3.82. The van der Waals surface area contributed by atoms with E-state index in [1.165, 1.54) is 24.3 Å². The van der Waals surface area contributed by atoms with Crippen LogP contribution in [-0.2, 0) is 10.0 Å². The molecule has 0 unspecified atom stereocenters. The molecule has 1 heterocycles. The first-order chi connectivity index (χ1) is 14.2. The minimum atomic E-state index is -3.80. The molecular weight excluding hydrogens is 446 g/mol. The van der Waals surface area contributed by atoms with E-state index in [0.717, 1.165) is 17.8 Å². The molecule has 30 heavy (non-hydrogen) atoms. The van der Waals surface area contributed by atoms with Gasteiger partial charge in [0.15, 0.2) is 5.13 Å². The Labute approximate surface area is 184 Å². The molecule has 160 valence electrons. The summed E-state index contributed by atoms with van der Waals surface area (Å²) in [7, 11) is -3.80. The molecule has 0 spiro atoms. The summed E-state index contributed by atoms with van der Waals surface area (Å²) in [6, 6.07) is 10.4. The molecule has 0 fully saturated rings. The molecule has 3 rings (SSSR count). The normalized spacial score (nSPS) is 13.7. The molecule has 0 radical (unpaired) electrons. The van der Waals surface area contributed by atoms with Crippen LogP contribution in [0.25, 0.3) is 10.2 Å². The number of carbonyl (C=O) groups excluding carboxylic acids is 1. The number of carbonyl (C=O) groups is 1. The van der Waals surface area contributed by atoms with Crippen LogP contribution in [0.3, 0.4) is 0 Å². The Morgan fingerprint density at radius 2 is 1.93 bits per heavy atom. The lowest BCUT2D eigenvalue weighted by Crippen LogP contribution is -2.41. The molecular formula is C20H22ClN3O4S2. The zero-order valence-electron chi connectivity index (χ0n) is 16.4. The van der Waals surface area contributed by atoms with Crippen molar-refractivity contribution in [1.29, 1.82) is 0 Å². The van der Waals surface area contributed by atoms with Gasteiger partial charge in [0, 0.05) is 10.6 Å². The third-order valence-electron chi connectivity index (χ3n) is 4.84. The van der Waals surface area contributed by atoms with E-state index in [1.807, 2.05) is 13.8 Å². The van der Waals surface area contributed by atoms with Gasteiger partial charge in [0.1, 0.15) is 0 Å². The first-order valence-corrected chi connectivity index (χ1v) is 12.0. The van der Waals surface area contributed by atoms with Crippen molar-refractivity contribution in [2.45, 2.75) is 31.2 Å². The van der Waals surface area contributed by atoms with E-state index in [2.05, 4.69) is 15.0 Å². The Balaban J connectivity index is 1.80. The summed E-state index contributed by atoms with van der Waals surface area (Å²) >= 11 is 6.94. The predicted molar refractivity (Wildman–Crippen MR) is 120 cm³/mol. The Bertz CT molecular complexity index is 1150.